The van der Waals surface area contributed by atoms with Gasteiger partial charge in [0.15, 0.2) is 0 Å². The molecule has 1 heterocycles. The van der Waals surface area contributed by atoms with E-state index in [1.165, 1.54) is 0 Å². The summed E-state index contributed by atoms with van der Waals surface area (Å²) in [6.45, 7) is 3.74. The number of amides is 1. The molecule has 1 N–H and O–H groups in total. The SMILES string of the molecule is COc1cc(Cl)c(C)cc1N1CCNC(=O)C1. The van der Waals surface area contributed by atoms with Gasteiger partial charge >= 0.3 is 0 Å². The van der Waals surface area contributed by atoms with Gasteiger partial charge in [0.1, 0.15) is 5.75 Å². The van der Waals surface area contributed by atoms with Gasteiger partial charge in [-0.15, -0.1) is 0 Å². The zero-order valence-corrected chi connectivity index (χ0v) is 10.7. The Kier molecular flexibility index (Phi) is 3.43. The number of nitrogens with zero attached hydrogens (tertiary/aromatic N) is 1. The van der Waals surface area contributed by atoms with E-state index in [0.29, 0.717) is 23.9 Å². The van der Waals surface area contributed by atoms with Gasteiger partial charge in [0.25, 0.3) is 0 Å². The molecule has 1 fully saturated rings. The fourth-order valence-electron chi connectivity index (χ4n) is 1.90. The van der Waals surface area contributed by atoms with Crippen molar-refractivity contribution in [3.05, 3.63) is 22.7 Å². The summed E-state index contributed by atoms with van der Waals surface area (Å²) in [5.74, 6) is 0.737. The quantitative estimate of drug-likeness (QED) is 0.872. The van der Waals surface area contributed by atoms with Gasteiger partial charge < -0.3 is 15.0 Å². The fourth-order valence-corrected chi connectivity index (χ4v) is 2.06. The lowest BCUT2D eigenvalue weighted by Crippen LogP contribution is -2.47. The van der Waals surface area contributed by atoms with Gasteiger partial charge in [0.05, 0.1) is 19.3 Å². The number of halogens is 1. The predicted molar refractivity (Wildman–Crippen MR) is 68.0 cm³/mol. The second-order valence-electron chi connectivity index (χ2n) is 4.04. The number of carbonyl (C=O) groups is 1. The van der Waals surface area contributed by atoms with E-state index in [0.717, 1.165) is 17.8 Å². The molecule has 0 atom stereocenters. The molecule has 1 aliphatic rings. The first-order chi connectivity index (χ1) is 8.11. The molecule has 0 spiro atoms. The van der Waals surface area contributed by atoms with E-state index >= 15 is 0 Å². The van der Waals surface area contributed by atoms with Crippen LogP contribution in [0.25, 0.3) is 0 Å². The van der Waals surface area contributed by atoms with Crippen molar-refractivity contribution in [1.82, 2.24) is 5.32 Å². The third kappa shape index (κ3) is 2.47. The third-order valence-corrected chi connectivity index (χ3v) is 3.25. The van der Waals surface area contributed by atoms with Crippen molar-refractivity contribution < 1.29 is 9.53 Å². The summed E-state index contributed by atoms with van der Waals surface area (Å²) < 4.78 is 5.31. The Bertz CT molecular complexity index is 448. The third-order valence-electron chi connectivity index (χ3n) is 2.84. The second-order valence-corrected chi connectivity index (χ2v) is 4.45. The number of hydrogen-bond donors (Lipinski definition) is 1. The van der Waals surface area contributed by atoms with Crippen LogP contribution in [0.3, 0.4) is 0 Å². The molecule has 1 amide bonds. The highest BCUT2D eigenvalue weighted by Gasteiger charge is 2.20. The molecule has 17 heavy (non-hydrogen) atoms. The van der Waals surface area contributed by atoms with Crippen molar-refractivity contribution in [1.29, 1.82) is 0 Å². The number of benzene rings is 1. The number of rotatable bonds is 2. The molecule has 1 aromatic carbocycles. The maximum absolute atomic E-state index is 11.4. The lowest BCUT2D eigenvalue weighted by Gasteiger charge is -2.30. The van der Waals surface area contributed by atoms with Crippen LogP contribution >= 0.6 is 11.6 Å². The highest BCUT2D eigenvalue weighted by atomic mass is 35.5. The van der Waals surface area contributed by atoms with Crippen molar-refractivity contribution in [2.24, 2.45) is 0 Å². The number of anilines is 1. The summed E-state index contributed by atoms with van der Waals surface area (Å²) >= 11 is 6.05. The molecular formula is C12H15ClN2O2. The number of methoxy groups -OCH3 is 1. The smallest absolute Gasteiger partial charge is 0.239 e. The van der Waals surface area contributed by atoms with Crippen molar-refractivity contribution in [2.75, 3.05) is 31.6 Å². The van der Waals surface area contributed by atoms with Crippen LogP contribution in [0, 0.1) is 6.92 Å². The predicted octanol–water partition coefficient (Wildman–Crippen LogP) is 1.59. The number of hydrogen-bond acceptors (Lipinski definition) is 3. The van der Waals surface area contributed by atoms with E-state index in [1.54, 1.807) is 13.2 Å². The van der Waals surface area contributed by atoms with Crippen LogP contribution < -0.4 is 15.0 Å². The summed E-state index contributed by atoms with van der Waals surface area (Å²) in [4.78, 5) is 13.4. The average molecular weight is 255 g/mol. The first-order valence-electron chi connectivity index (χ1n) is 5.47. The Morgan fingerprint density at radius 1 is 1.47 bits per heavy atom. The van der Waals surface area contributed by atoms with Crippen LogP contribution in [-0.2, 0) is 4.79 Å². The van der Waals surface area contributed by atoms with Gasteiger partial charge in [-0.3, -0.25) is 4.79 Å². The van der Waals surface area contributed by atoms with E-state index < -0.39 is 0 Å². The number of carbonyl (C=O) groups excluding carboxylic acids is 1. The highest BCUT2D eigenvalue weighted by Crippen LogP contribution is 2.33. The normalized spacial score (nSPS) is 15.7. The van der Waals surface area contributed by atoms with Crippen molar-refractivity contribution in [2.45, 2.75) is 6.92 Å². The number of ether oxygens (including phenoxy) is 1. The van der Waals surface area contributed by atoms with Crippen LogP contribution in [-0.4, -0.2) is 32.7 Å². The molecule has 5 heteroatoms. The molecule has 0 unspecified atom stereocenters. The molecule has 0 bridgehead atoms. The fraction of sp³-hybridized carbons (Fsp3) is 0.417. The van der Waals surface area contributed by atoms with Gasteiger partial charge in [0.2, 0.25) is 5.91 Å². The molecule has 4 nitrogen and oxygen atoms in total. The number of piperazine rings is 1. The van der Waals surface area contributed by atoms with Crippen LogP contribution in [0.4, 0.5) is 5.69 Å². The van der Waals surface area contributed by atoms with Crippen LogP contribution in [0.15, 0.2) is 12.1 Å². The molecule has 1 aliphatic heterocycles. The molecule has 1 saturated heterocycles. The van der Waals surface area contributed by atoms with Gasteiger partial charge in [0, 0.05) is 24.2 Å². The Morgan fingerprint density at radius 2 is 2.24 bits per heavy atom. The Hall–Kier alpha value is -1.42. The van der Waals surface area contributed by atoms with Crippen LogP contribution in [0.5, 0.6) is 5.75 Å². The van der Waals surface area contributed by atoms with Crippen LogP contribution in [0.1, 0.15) is 5.56 Å². The highest BCUT2D eigenvalue weighted by molar-refractivity contribution is 6.31. The lowest BCUT2D eigenvalue weighted by molar-refractivity contribution is -0.120. The van der Waals surface area contributed by atoms with E-state index in [1.807, 2.05) is 17.9 Å². The van der Waals surface area contributed by atoms with Crippen molar-refractivity contribution >= 4 is 23.2 Å². The van der Waals surface area contributed by atoms with Crippen molar-refractivity contribution in [3.63, 3.8) is 0 Å². The topological polar surface area (TPSA) is 41.6 Å². The molecular weight excluding hydrogens is 240 g/mol. The largest absolute Gasteiger partial charge is 0.495 e. The second kappa shape index (κ2) is 4.84. The number of nitrogens with one attached hydrogen (secondary N) is 1. The van der Waals surface area contributed by atoms with Gasteiger partial charge in [-0.05, 0) is 18.6 Å². The summed E-state index contributed by atoms with van der Waals surface area (Å²) in [5.41, 5.74) is 1.90. The Balaban J connectivity index is 2.36. The molecule has 1 aromatic rings. The zero-order chi connectivity index (χ0) is 12.4. The molecule has 0 radical (unpaired) electrons. The minimum absolute atomic E-state index is 0.0332. The monoisotopic (exact) mass is 254 g/mol. The maximum Gasteiger partial charge on any atom is 0.239 e. The van der Waals surface area contributed by atoms with Gasteiger partial charge in [-0.1, -0.05) is 11.6 Å². The van der Waals surface area contributed by atoms with E-state index in [-0.39, 0.29) is 5.91 Å². The lowest BCUT2D eigenvalue weighted by atomic mass is 10.1. The minimum atomic E-state index is 0.0332. The maximum atomic E-state index is 11.4. The average Bonchev–Trinajstić information content (AvgIpc) is 2.32. The van der Waals surface area contributed by atoms with E-state index in [9.17, 15) is 4.79 Å². The molecule has 0 aromatic heterocycles. The summed E-state index contributed by atoms with van der Waals surface area (Å²) in [5, 5.41) is 3.47. The van der Waals surface area contributed by atoms with Crippen LogP contribution in [0.2, 0.25) is 5.02 Å². The summed E-state index contributed by atoms with van der Waals surface area (Å²) in [6.07, 6.45) is 0. The summed E-state index contributed by atoms with van der Waals surface area (Å²) in [6, 6.07) is 3.75. The van der Waals surface area contributed by atoms with E-state index in [4.69, 9.17) is 16.3 Å². The van der Waals surface area contributed by atoms with E-state index in [2.05, 4.69) is 5.32 Å². The van der Waals surface area contributed by atoms with Gasteiger partial charge in [-0.2, -0.15) is 0 Å². The standard InChI is InChI=1S/C12H15ClN2O2/c1-8-5-10(11(17-2)6-9(8)13)15-4-3-14-12(16)7-15/h5-6H,3-4,7H2,1-2H3,(H,14,16). The van der Waals surface area contributed by atoms with Crippen molar-refractivity contribution in [3.8, 4) is 5.75 Å². The Labute approximate surface area is 106 Å². The molecule has 0 saturated carbocycles. The first kappa shape index (κ1) is 12.0. The van der Waals surface area contributed by atoms with Gasteiger partial charge in [-0.25, -0.2) is 0 Å². The minimum Gasteiger partial charge on any atom is -0.495 e. The molecule has 2 rings (SSSR count). The Morgan fingerprint density at radius 3 is 2.88 bits per heavy atom. The zero-order valence-electron chi connectivity index (χ0n) is 9.92. The molecule has 92 valence electrons. The molecule has 0 aliphatic carbocycles. The number of aryl methyl sites for hydroxylation is 1. The first-order valence-corrected chi connectivity index (χ1v) is 5.85. The summed E-state index contributed by atoms with van der Waals surface area (Å²) in [7, 11) is 1.61.